The lowest BCUT2D eigenvalue weighted by atomic mass is 9.96. The Kier molecular flexibility index (Phi) is 5.13. The van der Waals surface area contributed by atoms with Crippen LogP contribution in [0.3, 0.4) is 0 Å². The quantitative estimate of drug-likeness (QED) is 0.935. The third-order valence-corrected chi connectivity index (χ3v) is 4.50. The first kappa shape index (κ1) is 15.8. The van der Waals surface area contributed by atoms with Gasteiger partial charge in [0.15, 0.2) is 0 Å². The molecule has 23 heavy (non-hydrogen) atoms. The lowest BCUT2D eigenvalue weighted by Gasteiger charge is -2.33. The lowest BCUT2D eigenvalue weighted by Crippen LogP contribution is -2.38. The number of halogens is 1. The van der Waals surface area contributed by atoms with E-state index in [1.165, 1.54) is 5.69 Å². The predicted octanol–water partition coefficient (Wildman–Crippen LogP) is 3.38. The Balaban J connectivity index is 1.47. The molecular formula is C18H20ClN3O. The summed E-state index contributed by atoms with van der Waals surface area (Å²) in [7, 11) is 0. The van der Waals surface area contributed by atoms with Gasteiger partial charge in [0, 0.05) is 36.4 Å². The maximum Gasteiger partial charge on any atom is 0.251 e. The SMILES string of the molecule is O=C(NCC1CCN(c2cccnc2)CC1)c1cccc(Cl)c1. The molecule has 0 aliphatic carbocycles. The van der Waals surface area contributed by atoms with Gasteiger partial charge in [0.25, 0.3) is 5.91 Å². The van der Waals surface area contributed by atoms with E-state index in [2.05, 4.69) is 21.3 Å². The van der Waals surface area contributed by atoms with Gasteiger partial charge in [-0.3, -0.25) is 9.78 Å². The number of aromatic nitrogens is 1. The van der Waals surface area contributed by atoms with Crippen LogP contribution >= 0.6 is 11.6 Å². The highest BCUT2D eigenvalue weighted by Gasteiger charge is 2.20. The van der Waals surface area contributed by atoms with Crippen molar-refractivity contribution in [3.05, 3.63) is 59.4 Å². The number of nitrogens with zero attached hydrogens (tertiary/aromatic N) is 2. The molecule has 1 aliphatic rings. The molecule has 4 nitrogen and oxygen atoms in total. The smallest absolute Gasteiger partial charge is 0.251 e. The van der Waals surface area contributed by atoms with Crippen LogP contribution in [0.25, 0.3) is 0 Å². The lowest BCUT2D eigenvalue weighted by molar-refractivity contribution is 0.0945. The van der Waals surface area contributed by atoms with Gasteiger partial charge < -0.3 is 10.2 Å². The van der Waals surface area contributed by atoms with E-state index in [0.717, 1.165) is 25.9 Å². The van der Waals surface area contributed by atoms with Crippen molar-refractivity contribution in [3.63, 3.8) is 0 Å². The van der Waals surface area contributed by atoms with Gasteiger partial charge in [-0.25, -0.2) is 0 Å². The van der Waals surface area contributed by atoms with Crippen LogP contribution in [0.4, 0.5) is 5.69 Å². The number of anilines is 1. The Morgan fingerprint density at radius 3 is 2.78 bits per heavy atom. The van der Waals surface area contributed by atoms with Crippen molar-refractivity contribution in [2.45, 2.75) is 12.8 Å². The van der Waals surface area contributed by atoms with Gasteiger partial charge in [0.1, 0.15) is 0 Å². The molecule has 1 saturated heterocycles. The minimum absolute atomic E-state index is 0.0535. The summed E-state index contributed by atoms with van der Waals surface area (Å²) in [5, 5.41) is 3.61. The summed E-state index contributed by atoms with van der Waals surface area (Å²) in [6.45, 7) is 2.72. The van der Waals surface area contributed by atoms with Crippen molar-refractivity contribution >= 4 is 23.2 Å². The van der Waals surface area contributed by atoms with Gasteiger partial charge in [0.2, 0.25) is 0 Å². The zero-order valence-electron chi connectivity index (χ0n) is 12.9. The van der Waals surface area contributed by atoms with Crippen molar-refractivity contribution in [2.75, 3.05) is 24.5 Å². The minimum Gasteiger partial charge on any atom is -0.370 e. The van der Waals surface area contributed by atoms with Crippen LogP contribution in [0.5, 0.6) is 0 Å². The number of nitrogens with one attached hydrogen (secondary N) is 1. The fourth-order valence-electron chi connectivity index (χ4n) is 2.90. The number of piperidine rings is 1. The van der Waals surface area contributed by atoms with Crippen molar-refractivity contribution in [2.24, 2.45) is 5.92 Å². The van der Waals surface area contributed by atoms with Gasteiger partial charge in [-0.05, 0) is 49.1 Å². The molecule has 0 bridgehead atoms. The molecule has 2 heterocycles. The molecule has 5 heteroatoms. The van der Waals surface area contributed by atoms with Crippen molar-refractivity contribution in [3.8, 4) is 0 Å². The Bertz CT molecular complexity index is 654. The summed E-state index contributed by atoms with van der Waals surface area (Å²) in [6, 6.07) is 11.1. The number of hydrogen-bond donors (Lipinski definition) is 1. The summed E-state index contributed by atoms with van der Waals surface area (Å²) in [5.74, 6) is 0.466. The van der Waals surface area contributed by atoms with Crippen LogP contribution in [0.2, 0.25) is 5.02 Å². The van der Waals surface area contributed by atoms with Crippen molar-refractivity contribution in [1.82, 2.24) is 10.3 Å². The first-order chi connectivity index (χ1) is 11.2. The number of amides is 1. The van der Waals surface area contributed by atoms with E-state index < -0.39 is 0 Å². The summed E-state index contributed by atoms with van der Waals surface area (Å²) < 4.78 is 0. The van der Waals surface area contributed by atoms with Gasteiger partial charge in [-0.15, -0.1) is 0 Å². The third-order valence-electron chi connectivity index (χ3n) is 4.26. The number of hydrogen-bond acceptors (Lipinski definition) is 3. The second-order valence-electron chi connectivity index (χ2n) is 5.86. The Morgan fingerprint density at radius 2 is 2.09 bits per heavy atom. The van der Waals surface area contributed by atoms with E-state index in [1.54, 1.807) is 30.5 Å². The second kappa shape index (κ2) is 7.47. The number of carbonyl (C=O) groups is 1. The van der Waals surface area contributed by atoms with Crippen molar-refractivity contribution < 1.29 is 4.79 Å². The van der Waals surface area contributed by atoms with Crippen LogP contribution in [-0.2, 0) is 0 Å². The number of carbonyl (C=O) groups excluding carboxylic acids is 1. The van der Waals surface area contributed by atoms with E-state index in [1.807, 2.05) is 12.3 Å². The molecular weight excluding hydrogens is 310 g/mol. The maximum atomic E-state index is 12.1. The Labute approximate surface area is 141 Å². The Hall–Kier alpha value is -2.07. The zero-order chi connectivity index (χ0) is 16.1. The molecule has 0 radical (unpaired) electrons. The van der Waals surface area contributed by atoms with E-state index >= 15 is 0 Å². The maximum absolute atomic E-state index is 12.1. The third kappa shape index (κ3) is 4.23. The largest absolute Gasteiger partial charge is 0.370 e. The standard InChI is InChI=1S/C18H20ClN3O/c19-16-4-1-3-15(11-16)18(23)21-12-14-6-9-22(10-7-14)17-5-2-8-20-13-17/h1-5,8,11,13-14H,6-7,9-10,12H2,(H,21,23). The van der Waals surface area contributed by atoms with Crippen LogP contribution in [0.1, 0.15) is 23.2 Å². The summed E-state index contributed by atoms with van der Waals surface area (Å²) >= 11 is 5.92. The molecule has 0 atom stereocenters. The molecule has 0 saturated carbocycles. The highest BCUT2D eigenvalue weighted by molar-refractivity contribution is 6.30. The number of benzene rings is 1. The van der Waals surface area contributed by atoms with Gasteiger partial charge >= 0.3 is 0 Å². The molecule has 0 spiro atoms. The molecule has 1 N–H and O–H groups in total. The zero-order valence-corrected chi connectivity index (χ0v) is 13.7. The van der Waals surface area contributed by atoms with Crippen LogP contribution < -0.4 is 10.2 Å². The molecule has 120 valence electrons. The molecule has 1 aromatic carbocycles. The molecule has 2 aromatic rings. The average Bonchev–Trinajstić information content (AvgIpc) is 2.61. The predicted molar refractivity (Wildman–Crippen MR) is 93.0 cm³/mol. The van der Waals surface area contributed by atoms with Crippen LogP contribution in [0.15, 0.2) is 48.8 Å². The minimum atomic E-state index is -0.0535. The first-order valence-corrected chi connectivity index (χ1v) is 8.29. The van der Waals surface area contributed by atoms with E-state index in [9.17, 15) is 4.79 Å². The number of pyridine rings is 1. The molecule has 1 aromatic heterocycles. The van der Waals surface area contributed by atoms with Crippen LogP contribution in [0, 0.1) is 5.92 Å². The summed E-state index contributed by atoms with van der Waals surface area (Å²) in [4.78, 5) is 18.7. The van der Waals surface area contributed by atoms with E-state index in [0.29, 0.717) is 23.0 Å². The van der Waals surface area contributed by atoms with E-state index in [4.69, 9.17) is 11.6 Å². The molecule has 3 rings (SSSR count). The monoisotopic (exact) mass is 329 g/mol. The molecule has 0 unspecified atom stereocenters. The molecule has 1 fully saturated rings. The van der Waals surface area contributed by atoms with Gasteiger partial charge in [-0.2, -0.15) is 0 Å². The fraction of sp³-hybridized carbons (Fsp3) is 0.333. The average molecular weight is 330 g/mol. The van der Waals surface area contributed by atoms with Gasteiger partial charge in [0.05, 0.1) is 11.9 Å². The number of rotatable bonds is 4. The van der Waals surface area contributed by atoms with E-state index in [-0.39, 0.29) is 5.91 Å². The Morgan fingerprint density at radius 1 is 1.26 bits per heavy atom. The highest BCUT2D eigenvalue weighted by Crippen LogP contribution is 2.22. The fourth-order valence-corrected chi connectivity index (χ4v) is 3.10. The summed E-state index contributed by atoms with van der Waals surface area (Å²) in [6.07, 6.45) is 5.85. The first-order valence-electron chi connectivity index (χ1n) is 7.91. The molecule has 1 aliphatic heterocycles. The topological polar surface area (TPSA) is 45.2 Å². The molecule has 1 amide bonds. The second-order valence-corrected chi connectivity index (χ2v) is 6.30. The van der Waals surface area contributed by atoms with Crippen molar-refractivity contribution in [1.29, 1.82) is 0 Å². The van der Waals surface area contributed by atoms with Crippen LogP contribution in [-0.4, -0.2) is 30.5 Å². The summed E-state index contributed by atoms with van der Waals surface area (Å²) in [5.41, 5.74) is 1.79. The van der Waals surface area contributed by atoms with Gasteiger partial charge in [-0.1, -0.05) is 17.7 Å². The highest BCUT2D eigenvalue weighted by atomic mass is 35.5. The normalized spacial score (nSPS) is 15.4.